The highest BCUT2D eigenvalue weighted by molar-refractivity contribution is 5.69. The summed E-state index contributed by atoms with van der Waals surface area (Å²) in [6, 6.07) is 30.2. The van der Waals surface area contributed by atoms with E-state index in [1.165, 1.54) is 0 Å². The average Bonchev–Trinajstić information content (AvgIpc) is 2.83. The van der Waals surface area contributed by atoms with E-state index in [0.717, 1.165) is 33.6 Å². The van der Waals surface area contributed by atoms with E-state index in [-0.39, 0.29) is 0 Å². The number of rotatable bonds is 8. The number of pyridine rings is 1. The highest BCUT2D eigenvalue weighted by Crippen LogP contribution is 2.28. The fraction of sp³-hybridized carbons (Fsp3) is 0.0741. The van der Waals surface area contributed by atoms with E-state index in [1.807, 2.05) is 85.1 Å². The summed E-state index contributed by atoms with van der Waals surface area (Å²) in [7, 11) is 0. The van der Waals surface area contributed by atoms with Crippen molar-refractivity contribution >= 4 is 6.08 Å². The molecular formula is C27H23NO2. The molecule has 0 unspecified atom stereocenters. The summed E-state index contributed by atoms with van der Waals surface area (Å²) in [5.74, 6) is 1.42. The summed E-state index contributed by atoms with van der Waals surface area (Å²) in [4.78, 5) is 4.44. The van der Waals surface area contributed by atoms with Crippen LogP contribution in [0.15, 0.2) is 104 Å². The molecule has 30 heavy (non-hydrogen) atoms. The smallest absolute Gasteiger partial charge is 0.213 e. The number of hydrogen-bond donors (Lipinski definition) is 0. The molecule has 0 saturated carbocycles. The molecule has 1 heterocycles. The first-order valence-corrected chi connectivity index (χ1v) is 9.88. The number of ether oxygens (including phenoxy) is 2. The number of hydrogen-bond acceptors (Lipinski definition) is 3. The van der Waals surface area contributed by atoms with Gasteiger partial charge in [-0.3, -0.25) is 0 Å². The van der Waals surface area contributed by atoms with Crippen LogP contribution in [0.3, 0.4) is 0 Å². The van der Waals surface area contributed by atoms with Gasteiger partial charge in [0.1, 0.15) is 19.0 Å². The number of benzene rings is 3. The molecule has 4 rings (SSSR count). The van der Waals surface area contributed by atoms with E-state index in [0.29, 0.717) is 19.1 Å². The first-order valence-electron chi connectivity index (χ1n) is 9.88. The maximum atomic E-state index is 5.99. The lowest BCUT2D eigenvalue weighted by molar-refractivity contribution is 0.294. The van der Waals surface area contributed by atoms with Gasteiger partial charge in [0.05, 0.1) is 0 Å². The van der Waals surface area contributed by atoms with E-state index in [2.05, 4.69) is 29.8 Å². The van der Waals surface area contributed by atoms with Crippen molar-refractivity contribution in [2.24, 2.45) is 0 Å². The van der Waals surface area contributed by atoms with Gasteiger partial charge in [0.25, 0.3) is 0 Å². The molecule has 3 nitrogen and oxygen atoms in total. The van der Waals surface area contributed by atoms with Gasteiger partial charge in [0, 0.05) is 23.4 Å². The van der Waals surface area contributed by atoms with Crippen LogP contribution in [0.4, 0.5) is 0 Å². The van der Waals surface area contributed by atoms with Crippen molar-refractivity contribution in [2.45, 2.75) is 13.2 Å². The molecule has 3 aromatic carbocycles. The maximum absolute atomic E-state index is 5.99. The molecule has 148 valence electrons. The Balaban J connectivity index is 1.43. The minimum Gasteiger partial charge on any atom is -0.488 e. The molecule has 0 N–H and O–H groups in total. The van der Waals surface area contributed by atoms with Crippen LogP contribution in [0.1, 0.15) is 16.7 Å². The van der Waals surface area contributed by atoms with Crippen molar-refractivity contribution in [1.82, 2.24) is 4.98 Å². The van der Waals surface area contributed by atoms with Gasteiger partial charge in [-0.1, -0.05) is 79.4 Å². The Hall–Kier alpha value is -3.85. The molecule has 4 aromatic rings. The third kappa shape index (κ3) is 4.95. The van der Waals surface area contributed by atoms with Crippen molar-refractivity contribution in [3.05, 3.63) is 120 Å². The van der Waals surface area contributed by atoms with Gasteiger partial charge in [-0.05, 0) is 34.9 Å². The fourth-order valence-electron chi connectivity index (χ4n) is 3.12. The monoisotopic (exact) mass is 393 g/mol. The van der Waals surface area contributed by atoms with Crippen LogP contribution >= 0.6 is 0 Å². The van der Waals surface area contributed by atoms with Crippen LogP contribution in [0.2, 0.25) is 0 Å². The van der Waals surface area contributed by atoms with Gasteiger partial charge in [-0.25, -0.2) is 4.98 Å². The topological polar surface area (TPSA) is 31.4 Å². The summed E-state index contributed by atoms with van der Waals surface area (Å²) >= 11 is 0. The van der Waals surface area contributed by atoms with Crippen LogP contribution in [-0.4, -0.2) is 4.98 Å². The Morgan fingerprint density at radius 2 is 1.33 bits per heavy atom. The van der Waals surface area contributed by atoms with Gasteiger partial charge >= 0.3 is 0 Å². The Morgan fingerprint density at radius 1 is 0.700 bits per heavy atom. The van der Waals surface area contributed by atoms with E-state index in [4.69, 9.17) is 9.47 Å². The van der Waals surface area contributed by atoms with Crippen LogP contribution in [-0.2, 0) is 13.2 Å². The van der Waals surface area contributed by atoms with Gasteiger partial charge in [-0.2, -0.15) is 0 Å². The molecule has 0 saturated heterocycles. The number of aromatic nitrogens is 1. The normalized spacial score (nSPS) is 10.4. The van der Waals surface area contributed by atoms with Gasteiger partial charge in [0.2, 0.25) is 5.88 Å². The average molecular weight is 393 g/mol. The molecule has 0 spiro atoms. The molecule has 0 amide bonds. The molecule has 0 fully saturated rings. The van der Waals surface area contributed by atoms with Gasteiger partial charge in [0.15, 0.2) is 0 Å². The lowest BCUT2D eigenvalue weighted by Crippen LogP contribution is -1.98. The zero-order chi connectivity index (χ0) is 20.6. The van der Waals surface area contributed by atoms with Crippen molar-refractivity contribution < 1.29 is 9.47 Å². The Bertz CT molecular complexity index is 1090. The molecule has 0 aliphatic carbocycles. The Labute approximate surface area is 177 Å². The van der Waals surface area contributed by atoms with E-state index in [9.17, 15) is 0 Å². The standard InChI is InChI=1S/C27H23NO2/c1-2-23-17-24(13-15-26(23)29-19-21-9-5-3-6-10-21)25-14-16-27(28-18-25)30-20-22-11-7-4-8-12-22/h2-18H,1,19-20H2. The van der Waals surface area contributed by atoms with Crippen molar-refractivity contribution in [3.8, 4) is 22.8 Å². The highest BCUT2D eigenvalue weighted by atomic mass is 16.5. The van der Waals surface area contributed by atoms with Crippen LogP contribution < -0.4 is 9.47 Å². The second-order valence-electron chi connectivity index (χ2n) is 6.89. The summed E-state index contributed by atoms with van der Waals surface area (Å²) in [5, 5.41) is 0. The zero-order valence-corrected chi connectivity index (χ0v) is 16.7. The molecule has 1 aromatic heterocycles. The molecule has 0 radical (unpaired) electrons. The molecule has 0 aliphatic rings. The van der Waals surface area contributed by atoms with E-state index < -0.39 is 0 Å². The summed E-state index contributed by atoms with van der Waals surface area (Å²) in [6.45, 7) is 4.96. The third-order valence-electron chi connectivity index (χ3n) is 4.77. The largest absolute Gasteiger partial charge is 0.488 e. The SMILES string of the molecule is C=Cc1cc(-c2ccc(OCc3ccccc3)nc2)ccc1OCc1ccccc1. The molecule has 3 heteroatoms. The number of nitrogens with zero attached hydrogens (tertiary/aromatic N) is 1. The maximum Gasteiger partial charge on any atom is 0.213 e. The summed E-state index contributed by atoms with van der Waals surface area (Å²) in [5.41, 5.74) is 5.27. The Kier molecular flexibility index (Phi) is 6.21. The lowest BCUT2D eigenvalue weighted by atomic mass is 10.0. The first-order chi connectivity index (χ1) is 14.8. The van der Waals surface area contributed by atoms with E-state index in [1.54, 1.807) is 0 Å². The zero-order valence-electron chi connectivity index (χ0n) is 16.7. The van der Waals surface area contributed by atoms with Crippen molar-refractivity contribution in [3.63, 3.8) is 0 Å². The quantitative estimate of drug-likeness (QED) is 0.340. The second kappa shape index (κ2) is 9.57. The summed E-state index contributed by atoms with van der Waals surface area (Å²) < 4.78 is 11.8. The van der Waals surface area contributed by atoms with Crippen molar-refractivity contribution in [1.29, 1.82) is 0 Å². The Morgan fingerprint density at radius 3 is 1.93 bits per heavy atom. The summed E-state index contributed by atoms with van der Waals surface area (Å²) in [6.07, 6.45) is 3.64. The minimum absolute atomic E-state index is 0.501. The van der Waals surface area contributed by atoms with Crippen molar-refractivity contribution in [2.75, 3.05) is 0 Å². The van der Waals surface area contributed by atoms with E-state index >= 15 is 0 Å². The molecule has 0 atom stereocenters. The van der Waals surface area contributed by atoms with Gasteiger partial charge < -0.3 is 9.47 Å². The highest BCUT2D eigenvalue weighted by Gasteiger charge is 2.06. The predicted octanol–water partition coefficient (Wildman–Crippen LogP) is 6.55. The minimum atomic E-state index is 0.501. The fourth-order valence-corrected chi connectivity index (χ4v) is 3.12. The molecule has 0 bridgehead atoms. The first kappa shape index (κ1) is 19.5. The second-order valence-corrected chi connectivity index (χ2v) is 6.89. The molecule has 0 aliphatic heterocycles. The van der Waals surface area contributed by atoms with Crippen LogP contribution in [0.5, 0.6) is 11.6 Å². The van der Waals surface area contributed by atoms with Crippen LogP contribution in [0.25, 0.3) is 17.2 Å². The van der Waals surface area contributed by atoms with Gasteiger partial charge in [-0.15, -0.1) is 0 Å². The lowest BCUT2D eigenvalue weighted by Gasteiger charge is -2.12. The molecular weight excluding hydrogens is 370 g/mol. The third-order valence-corrected chi connectivity index (χ3v) is 4.77. The van der Waals surface area contributed by atoms with Crippen LogP contribution in [0, 0.1) is 0 Å². The predicted molar refractivity (Wildman–Crippen MR) is 121 cm³/mol.